The maximum atomic E-state index is 12.2. The number of amides is 1. The van der Waals surface area contributed by atoms with Crippen LogP contribution in [0.4, 0.5) is 0 Å². The molecule has 1 aromatic carbocycles. The Morgan fingerprint density at radius 3 is 2.81 bits per heavy atom. The molecule has 5 nitrogen and oxygen atoms in total. The Labute approximate surface area is 125 Å². The van der Waals surface area contributed by atoms with Gasteiger partial charge < -0.3 is 19.5 Å². The molecule has 0 radical (unpaired) electrons. The molecule has 1 unspecified atom stereocenters. The first kappa shape index (κ1) is 15.8. The quantitative estimate of drug-likeness (QED) is 0.889. The van der Waals surface area contributed by atoms with Crippen LogP contribution in [-0.4, -0.2) is 54.9 Å². The predicted octanol–water partition coefficient (Wildman–Crippen LogP) is 1.29. The second kappa shape index (κ2) is 7.43. The standard InChI is InChI=1S/C16H23NO4/c1-12-4-3-5-13(2)16(12)21-8-6-15(19)17-7-9-20-11-14(17)10-18/h3-5,14,18H,6-11H2,1-2H3. The summed E-state index contributed by atoms with van der Waals surface area (Å²) in [7, 11) is 0. The van der Waals surface area contributed by atoms with Gasteiger partial charge in [0.2, 0.25) is 5.91 Å². The van der Waals surface area contributed by atoms with Crippen LogP contribution in [0.25, 0.3) is 0 Å². The molecule has 1 aromatic rings. The number of nitrogens with zero attached hydrogens (tertiary/aromatic N) is 1. The number of carbonyl (C=O) groups is 1. The van der Waals surface area contributed by atoms with Crippen LogP contribution in [-0.2, 0) is 9.53 Å². The van der Waals surface area contributed by atoms with Gasteiger partial charge in [-0.05, 0) is 25.0 Å². The minimum absolute atomic E-state index is 0.00332. The highest BCUT2D eigenvalue weighted by Crippen LogP contribution is 2.22. The summed E-state index contributed by atoms with van der Waals surface area (Å²) in [5.41, 5.74) is 2.14. The Morgan fingerprint density at radius 1 is 1.43 bits per heavy atom. The maximum Gasteiger partial charge on any atom is 0.226 e. The molecule has 0 bridgehead atoms. The molecule has 1 saturated heterocycles. The summed E-state index contributed by atoms with van der Waals surface area (Å²) in [6, 6.07) is 5.75. The van der Waals surface area contributed by atoms with Gasteiger partial charge in [0.1, 0.15) is 5.75 Å². The zero-order valence-electron chi connectivity index (χ0n) is 12.7. The molecule has 1 aliphatic heterocycles. The molecule has 1 fully saturated rings. The predicted molar refractivity (Wildman–Crippen MR) is 79.4 cm³/mol. The van der Waals surface area contributed by atoms with Gasteiger partial charge >= 0.3 is 0 Å². The molecule has 1 heterocycles. The van der Waals surface area contributed by atoms with Crippen LogP contribution < -0.4 is 4.74 Å². The van der Waals surface area contributed by atoms with Gasteiger partial charge in [0.25, 0.3) is 0 Å². The normalized spacial score (nSPS) is 18.6. The summed E-state index contributed by atoms with van der Waals surface area (Å²) in [6.07, 6.45) is 0.310. The van der Waals surface area contributed by atoms with Crippen molar-refractivity contribution in [2.45, 2.75) is 26.3 Å². The van der Waals surface area contributed by atoms with Crippen molar-refractivity contribution in [3.8, 4) is 5.75 Å². The van der Waals surface area contributed by atoms with E-state index in [4.69, 9.17) is 9.47 Å². The van der Waals surface area contributed by atoms with Gasteiger partial charge in [0, 0.05) is 6.54 Å². The first-order chi connectivity index (χ1) is 10.1. The van der Waals surface area contributed by atoms with Crippen molar-refractivity contribution in [3.63, 3.8) is 0 Å². The number of aryl methyl sites for hydroxylation is 2. The van der Waals surface area contributed by atoms with Gasteiger partial charge in [-0.3, -0.25) is 4.79 Å². The molecule has 5 heteroatoms. The summed E-state index contributed by atoms with van der Waals surface area (Å²) >= 11 is 0. The highest BCUT2D eigenvalue weighted by molar-refractivity contribution is 5.76. The molecule has 0 saturated carbocycles. The maximum absolute atomic E-state index is 12.2. The summed E-state index contributed by atoms with van der Waals surface area (Å²) in [6.45, 7) is 5.73. The fourth-order valence-corrected chi connectivity index (χ4v) is 2.55. The topological polar surface area (TPSA) is 59.0 Å². The number of ether oxygens (including phenoxy) is 2. The number of rotatable bonds is 5. The summed E-state index contributed by atoms with van der Waals surface area (Å²) in [5, 5.41) is 9.28. The van der Waals surface area contributed by atoms with Crippen LogP contribution in [0.2, 0.25) is 0 Å². The van der Waals surface area contributed by atoms with E-state index >= 15 is 0 Å². The van der Waals surface area contributed by atoms with Gasteiger partial charge in [0.05, 0.1) is 38.9 Å². The van der Waals surface area contributed by atoms with E-state index < -0.39 is 0 Å². The molecular formula is C16H23NO4. The lowest BCUT2D eigenvalue weighted by atomic mass is 10.1. The summed E-state index contributed by atoms with van der Waals surface area (Å²) in [5.74, 6) is 0.856. The number of hydrogen-bond donors (Lipinski definition) is 1. The number of para-hydroxylation sites is 1. The van der Waals surface area contributed by atoms with Crippen molar-refractivity contribution in [1.29, 1.82) is 0 Å². The molecular weight excluding hydrogens is 270 g/mol. The summed E-state index contributed by atoms with van der Waals surface area (Å²) < 4.78 is 11.0. The zero-order chi connectivity index (χ0) is 15.2. The van der Waals surface area contributed by atoms with Crippen molar-refractivity contribution in [2.75, 3.05) is 33.0 Å². The van der Waals surface area contributed by atoms with E-state index in [9.17, 15) is 9.90 Å². The highest BCUT2D eigenvalue weighted by atomic mass is 16.5. The number of aliphatic hydroxyl groups excluding tert-OH is 1. The molecule has 21 heavy (non-hydrogen) atoms. The smallest absolute Gasteiger partial charge is 0.226 e. The Morgan fingerprint density at radius 2 is 2.14 bits per heavy atom. The first-order valence-corrected chi connectivity index (χ1v) is 7.30. The van der Waals surface area contributed by atoms with E-state index in [1.807, 2.05) is 32.0 Å². The Bertz CT molecular complexity index is 469. The van der Waals surface area contributed by atoms with Crippen LogP contribution in [0.1, 0.15) is 17.5 Å². The van der Waals surface area contributed by atoms with Gasteiger partial charge in [-0.15, -0.1) is 0 Å². The number of aliphatic hydroxyl groups is 1. The molecule has 116 valence electrons. The minimum Gasteiger partial charge on any atom is -0.493 e. The van der Waals surface area contributed by atoms with Crippen LogP contribution in [0.3, 0.4) is 0 Å². The third-order valence-electron chi connectivity index (χ3n) is 3.73. The largest absolute Gasteiger partial charge is 0.493 e. The van der Waals surface area contributed by atoms with E-state index in [0.717, 1.165) is 16.9 Å². The second-order valence-corrected chi connectivity index (χ2v) is 5.32. The van der Waals surface area contributed by atoms with Crippen LogP contribution in [0.5, 0.6) is 5.75 Å². The van der Waals surface area contributed by atoms with Crippen molar-refractivity contribution < 1.29 is 19.4 Å². The van der Waals surface area contributed by atoms with E-state index in [-0.39, 0.29) is 18.6 Å². The average Bonchev–Trinajstić information content (AvgIpc) is 2.50. The fourth-order valence-electron chi connectivity index (χ4n) is 2.55. The Kier molecular flexibility index (Phi) is 5.59. The lowest BCUT2D eigenvalue weighted by molar-refractivity contribution is -0.142. The van der Waals surface area contributed by atoms with Crippen LogP contribution >= 0.6 is 0 Å². The molecule has 2 rings (SSSR count). The van der Waals surface area contributed by atoms with Crippen molar-refractivity contribution in [1.82, 2.24) is 4.90 Å². The Balaban J connectivity index is 1.86. The third-order valence-corrected chi connectivity index (χ3v) is 3.73. The molecule has 1 aliphatic rings. The molecule has 0 aromatic heterocycles. The fraction of sp³-hybridized carbons (Fsp3) is 0.562. The number of benzene rings is 1. The lowest BCUT2D eigenvalue weighted by Gasteiger charge is -2.34. The summed E-state index contributed by atoms with van der Waals surface area (Å²) in [4.78, 5) is 13.9. The van der Waals surface area contributed by atoms with Gasteiger partial charge in [-0.25, -0.2) is 0 Å². The molecule has 0 aliphatic carbocycles. The number of morpholine rings is 1. The van der Waals surface area contributed by atoms with E-state index in [0.29, 0.717) is 32.8 Å². The second-order valence-electron chi connectivity index (χ2n) is 5.32. The molecule has 1 amide bonds. The lowest BCUT2D eigenvalue weighted by Crippen LogP contribution is -2.50. The Hall–Kier alpha value is -1.59. The zero-order valence-corrected chi connectivity index (χ0v) is 12.7. The monoisotopic (exact) mass is 293 g/mol. The van der Waals surface area contributed by atoms with Gasteiger partial charge in [-0.1, -0.05) is 18.2 Å². The van der Waals surface area contributed by atoms with E-state index in [1.165, 1.54) is 0 Å². The number of hydrogen-bond acceptors (Lipinski definition) is 4. The highest BCUT2D eigenvalue weighted by Gasteiger charge is 2.26. The van der Waals surface area contributed by atoms with E-state index in [2.05, 4.69) is 0 Å². The van der Waals surface area contributed by atoms with Gasteiger partial charge in [-0.2, -0.15) is 0 Å². The van der Waals surface area contributed by atoms with Crippen LogP contribution in [0.15, 0.2) is 18.2 Å². The van der Waals surface area contributed by atoms with Crippen molar-refractivity contribution >= 4 is 5.91 Å². The minimum atomic E-state index is -0.230. The first-order valence-electron chi connectivity index (χ1n) is 7.30. The van der Waals surface area contributed by atoms with Crippen molar-refractivity contribution in [2.24, 2.45) is 0 Å². The molecule has 1 atom stereocenters. The van der Waals surface area contributed by atoms with Crippen molar-refractivity contribution in [3.05, 3.63) is 29.3 Å². The molecule has 0 spiro atoms. The number of carbonyl (C=O) groups excluding carboxylic acids is 1. The van der Waals surface area contributed by atoms with E-state index in [1.54, 1.807) is 4.90 Å². The van der Waals surface area contributed by atoms with Gasteiger partial charge in [0.15, 0.2) is 0 Å². The molecule has 1 N–H and O–H groups in total. The third kappa shape index (κ3) is 3.95. The SMILES string of the molecule is Cc1cccc(C)c1OCCC(=O)N1CCOCC1CO. The average molecular weight is 293 g/mol. The van der Waals surface area contributed by atoms with Crippen LogP contribution in [0, 0.1) is 13.8 Å².